The fourth-order valence-electron chi connectivity index (χ4n) is 6.14. The first-order valence-electron chi connectivity index (χ1n) is 14.1. The smallest absolute Gasteiger partial charge is 0.351 e. The summed E-state index contributed by atoms with van der Waals surface area (Å²) in [5.41, 5.74) is 6.26. The number of fused-ring (bicyclic) bond motifs is 1. The second kappa shape index (κ2) is 10.9. The number of pyridine rings is 2. The summed E-state index contributed by atoms with van der Waals surface area (Å²) in [4.78, 5) is 48.1. The Bertz CT molecular complexity index is 1440. The molecule has 2 unspecified atom stereocenters. The molecule has 40 heavy (non-hydrogen) atoms. The summed E-state index contributed by atoms with van der Waals surface area (Å²) in [5.74, 6) is 2.08. The SMILES string of the molecule is CCC1CN(C)C(=O)CN1c1nc2cc(C3NOC(=O)N3)nc(-c3cncc(Cl)c3)c2n1CC1CCC(C)CC1. The molecule has 3 aromatic rings. The van der Waals surface area contributed by atoms with Crippen molar-refractivity contribution in [1.29, 1.82) is 0 Å². The lowest BCUT2D eigenvalue weighted by Crippen LogP contribution is -2.55. The van der Waals surface area contributed by atoms with E-state index in [1.807, 2.05) is 19.2 Å². The van der Waals surface area contributed by atoms with Crippen LogP contribution in [0.4, 0.5) is 10.7 Å². The molecule has 3 aromatic heterocycles. The molecule has 2 amide bonds. The fraction of sp³-hybridized carbons (Fsp3) is 0.536. The van der Waals surface area contributed by atoms with E-state index in [-0.39, 0.29) is 18.5 Å². The van der Waals surface area contributed by atoms with Gasteiger partial charge in [-0.25, -0.2) is 14.8 Å². The molecule has 3 aliphatic rings. The van der Waals surface area contributed by atoms with E-state index in [0.29, 0.717) is 28.9 Å². The summed E-state index contributed by atoms with van der Waals surface area (Å²) in [6.07, 6.45) is 7.71. The van der Waals surface area contributed by atoms with Crippen LogP contribution in [0.15, 0.2) is 24.5 Å². The number of imidazole rings is 1. The molecule has 2 N–H and O–H groups in total. The highest BCUT2D eigenvalue weighted by Crippen LogP contribution is 2.37. The molecule has 2 aliphatic heterocycles. The van der Waals surface area contributed by atoms with E-state index in [4.69, 9.17) is 26.4 Å². The van der Waals surface area contributed by atoms with E-state index in [1.165, 1.54) is 12.8 Å². The van der Waals surface area contributed by atoms with Crippen LogP contribution in [0.25, 0.3) is 22.3 Å². The predicted octanol–water partition coefficient (Wildman–Crippen LogP) is 4.27. The van der Waals surface area contributed by atoms with Gasteiger partial charge < -0.3 is 19.2 Å². The zero-order valence-corrected chi connectivity index (χ0v) is 23.8. The number of anilines is 1. The van der Waals surface area contributed by atoms with Crippen LogP contribution in [0.5, 0.6) is 0 Å². The molecule has 0 radical (unpaired) electrons. The summed E-state index contributed by atoms with van der Waals surface area (Å²) in [6, 6.07) is 3.85. The summed E-state index contributed by atoms with van der Waals surface area (Å²) in [7, 11) is 1.86. The highest BCUT2D eigenvalue weighted by atomic mass is 35.5. The minimum absolute atomic E-state index is 0.0721. The van der Waals surface area contributed by atoms with E-state index >= 15 is 0 Å². The van der Waals surface area contributed by atoms with E-state index < -0.39 is 12.3 Å². The number of amides is 2. The van der Waals surface area contributed by atoms with Gasteiger partial charge in [0.2, 0.25) is 11.9 Å². The summed E-state index contributed by atoms with van der Waals surface area (Å²) in [5, 5.41) is 3.23. The number of hydrogen-bond donors (Lipinski definition) is 2. The van der Waals surface area contributed by atoms with E-state index in [0.717, 1.165) is 54.3 Å². The number of hydroxylamine groups is 1. The number of nitrogens with zero attached hydrogens (tertiary/aromatic N) is 6. The van der Waals surface area contributed by atoms with Gasteiger partial charge in [-0.2, -0.15) is 0 Å². The van der Waals surface area contributed by atoms with Crippen LogP contribution < -0.4 is 15.7 Å². The van der Waals surface area contributed by atoms with Crippen molar-refractivity contribution >= 4 is 40.6 Å². The van der Waals surface area contributed by atoms with Gasteiger partial charge in [-0.15, -0.1) is 5.48 Å². The lowest BCUT2D eigenvalue weighted by Gasteiger charge is -2.40. The maximum Gasteiger partial charge on any atom is 0.427 e. The Morgan fingerprint density at radius 2 is 1.93 bits per heavy atom. The van der Waals surface area contributed by atoms with Gasteiger partial charge in [0.1, 0.15) is 6.54 Å². The average Bonchev–Trinajstić information content (AvgIpc) is 3.54. The number of carbonyl (C=O) groups excluding carboxylic acids is 2. The number of halogens is 1. The van der Waals surface area contributed by atoms with Crippen molar-refractivity contribution < 1.29 is 14.4 Å². The molecule has 3 fully saturated rings. The molecule has 212 valence electrons. The molecule has 1 saturated carbocycles. The van der Waals surface area contributed by atoms with E-state index in [9.17, 15) is 9.59 Å². The molecule has 5 heterocycles. The summed E-state index contributed by atoms with van der Waals surface area (Å²) >= 11 is 6.38. The fourth-order valence-corrected chi connectivity index (χ4v) is 6.31. The van der Waals surface area contributed by atoms with Gasteiger partial charge in [-0.1, -0.05) is 38.3 Å². The Labute approximate surface area is 238 Å². The van der Waals surface area contributed by atoms with Crippen molar-refractivity contribution in [3.63, 3.8) is 0 Å². The van der Waals surface area contributed by atoms with Crippen molar-refractivity contribution in [3.05, 3.63) is 35.2 Å². The minimum atomic E-state index is -0.634. The Kier molecular flexibility index (Phi) is 7.26. The molecule has 0 spiro atoms. The van der Waals surface area contributed by atoms with Crippen LogP contribution in [-0.2, 0) is 16.2 Å². The molecule has 2 atom stereocenters. The third-order valence-electron chi connectivity index (χ3n) is 8.49. The van der Waals surface area contributed by atoms with Crippen LogP contribution in [0.1, 0.15) is 57.8 Å². The minimum Gasteiger partial charge on any atom is -0.351 e. The maximum absolute atomic E-state index is 12.9. The topological polar surface area (TPSA) is 118 Å². The Balaban J connectivity index is 1.55. The standard InChI is InChI=1S/C28H35ClN8O3/c1-4-20-14-35(3)23(38)15-36(20)27-32-21-10-22(26-33-28(39)40-34-26)31-24(18-9-19(29)12-30-11-18)25(21)37(27)13-17-7-5-16(2)6-8-17/h9-12,16-17,20,26,34H,4-8,13-15H2,1-3H3,(H,33,39). The van der Waals surface area contributed by atoms with Gasteiger partial charge in [-0.3, -0.25) is 15.1 Å². The third-order valence-corrected chi connectivity index (χ3v) is 8.70. The van der Waals surface area contributed by atoms with Crippen LogP contribution in [0, 0.1) is 11.8 Å². The van der Waals surface area contributed by atoms with Crippen LogP contribution in [0.2, 0.25) is 5.02 Å². The first-order chi connectivity index (χ1) is 19.3. The molecule has 2 saturated heterocycles. The number of piperazine rings is 1. The normalized spacial score (nSPS) is 25.4. The van der Waals surface area contributed by atoms with Crippen molar-refractivity contribution in [1.82, 2.24) is 35.2 Å². The number of hydrogen-bond acceptors (Lipinski definition) is 8. The third kappa shape index (κ3) is 5.08. The highest BCUT2D eigenvalue weighted by Gasteiger charge is 2.35. The Hall–Kier alpha value is -3.44. The van der Waals surface area contributed by atoms with E-state index in [2.05, 4.69) is 39.1 Å². The second-order valence-electron chi connectivity index (χ2n) is 11.4. The monoisotopic (exact) mass is 566 g/mol. The molecule has 12 heteroatoms. The lowest BCUT2D eigenvalue weighted by atomic mass is 9.83. The number of likely N-dealkylation sites (N-methyl/N-ethyl adjacent to an activating group) is 1. The molecular weight excluding hydrogens is 532 g/mol. The van der Waals surface area contributed by atoms with Gasteiger partial charge in [-0.05, 0) is 43.2 Å². The average molecular weight is 567 g/mol. The molecular formula is C28H35ClN8O3. The molecule has 1 aliphatic carbocycles. The Morgan fingerprint density at radius 3 is 2.62 bits per heavy atom. The molecule has 11 nitrogen and oxygen atoms in total. The summed E-state index contributed by atoms with van der Waals surface area (Å²) in [6.45, 7) is 6.16. The molecule has 0 aromatic carbocycles. The predicted molar refractivity (Wildman–Crippen MR) is 151 cm³/mol. The first-order valence-corrected chi connectivity index (χ1v) is 14.4. The molecule has 0 bridgehead atoms. The number of aromatic nitrogens is 4. The second-order valence-corrected chi connectivity index (χ2v) is 11.8. The first kappa shape index (κ1) is 26.8. The van der Waals surface area contributed by atoms with Crippen molar-refractivity contribution in [3.8, 4) is 11.3 Å². The lowest BCUT2D eigenvalue weighted by molar-refractivity contribution is -0.130. The van der Waals surface area contributed by atoms with Crippen LogP contribution >= 0.6 is 11.6 Å². The van der Waals surface area contributed by atoms with Crippen LogP contribution in [-0.4, -0.2) is 62.6 Å². The van der Waals surface area contributed by atoms with E-state index in [1.54, 1.807) is 17.3 Å². The van der Waals surface area contributed by atoms with Crippen LogP contribution in [0.3, 0.4) is 0 Å². The van der Waals surface area contributed by atoms with Gasteiger partial charge >= 0.3 is 6.09 Å². The molecule has 6 rings (SSSR count). The van der Waals surface area contributed by atoms with Crippen molar-refractivity contribution in [2.24, 2.45) is 11.8 Å². The maximum atomic E-state index is 12.9. The zero-order valence-electron chi connectivity index (χ0n) is 23.1. The quantitative estimate of drug-likeness (QED) is 0.454. The zero-order chi connectivity index (χ0) is 28.0. The van der Waals surface area contributed by atoms with Gasteiger partial charge in [0, 0.05) is 44.1 Å². The van der Waals surface area contributed by atoms with Gasteiger partial charge in [0.25, 0.3) is 0 Å². The van der Waals surface area contributed by atoms with Gasteiger partial charge in [0.05, 0.1) is 27.4 Å². The van der Waals surface area contributed by atoms with Crippen molar-refractivity contribution in [2.75, 3.05) is 25.0 Å². The highest BCUT2D eigenvalue weighted by molar-refractivity contribution is 6.30. The number of rotatable bonds is 6. The number of carbonyl (C=O) groups is 2. The van der Waals surface area contributed by atoms with Gasteiger partial charge in [0.15, 0.2) is 6.17 Å². The Morgan fingerprint density at radius 1 is 1.12 bits per heavy atom. The largest absolute Gasteiger partial charge is 0.427 e. The summed E-state index contributed by atoms with van der Waals surface area (Å²) < 4.78 is 2.27. The number of nitrogens with one attached hydrogen (secondary N) is 2. The van der Waals surface area contributed by atoms with Crippen molar-refractivity contribution in [2.45, 2.75) is 64.7 Å².